The van der Waals surface area contributed by atoms with E-state index in [0.717, 1.165) is 18.7 Å². The zero-order chi connectivity index (χ0) is 15.3. The summed E-state index contributed by atoms with van der Waals surface area (Å²) < 4.78 is 0. The number of hydrogen-bond donors (Lipinski definition) is 2. The summed E-state index contributed by atoms with van der Waals surface area (Å²) in [5.74, 6) is 0. The number of piperidine rings is 1. The molecule has 2 N–H and O–H groups in total. The molecule has 1 aliphatic rings. The highest BCUT2D eigenvalue weighted by Gasteiger charge is 2.31. The number of hydrogen-bond acceptors (Lipinski definition) is 3. The third-order valence-electron chi connectivity index (χ3n) is 4.42. The lowest BCUT2D eigenvalue weighted by Crippen LogP contribution is -2.51. The number of nitrogens with zero attached hydrogens (tertiary/aromatic N) is 1. The van der Waals surface area contributed by atoms with Crippen LogP contribution in [0.2, 0.25) is 0 Å². The SMILES string of the molecule is CC(C)NCC1CCCCN1CC(C)(O)c1ccccc1. The molecule has 0 bridgehead atoms. The molecule has 0 amide bonds. The average molecular weight is 290 g/mol. The van der Waals surface area contributed by atoms with Crippen molar-refractivity contribution in [2.75, 3.05) is 19.6 Å². The molecule has 2 unspecified atom stereocenters. The minimum atomic E-state index is -0.783. The minimum absolute atomic E-state index is 0.517. The maximum Gasteiger partial charge on any atom is 0.0994 e. The second-order valence-electron chi connectivity index (χ2n) is 6.82. The van der Waals surface area contributed by atoms with Crippen LogP contribution in [0.15, 0.2) is 30.3 Å². The van der Waals surface area contributed by atoms with Crippen LogP contribution < -0.4 is 5.32 Å². The maximum atomic E-state index is 10.9. The quantitative estimate of drug-likeness (QED) is 0.845. The van der Waals surface area contributed by atoms with Crippen LogP contribution in [0.1, 0.15) is 45.6 Å². The van der Waals surface area contributed by atoms with E-state index in [4.69, 9.17) is 0 Å². The van der Waals surface area contributed by atoms with Gasteiger partial charge in [0.05, 0.1) is 5.60 Å². The van der Waals surface area contributed by atoms with Gasteiger partial charge in [-0.1, -0.05) is 50.6 Å². The van der Waals surface area contributed by atoms with Crippen molar-refractivity contribution in [3.63, 3.8) is 0 Å². The third-order valence-corrected chi connectivity index (χ3v) is 4.42. The number of nitrogens with one attached hydrogen (secondary N) is 1. The van der Waals surface area contributed by atoms with Crippen molar-refractivity contribution >= 4 is 0 Å². The molecule has 1 saturated heterocycles. The highest BCUT2D eigenvalue weighted by Crippen LogP contribution is 2.25. The summed E-state index contributed by atoms with van der Waals surface area (Å²) in [7, 11) is 0. The molecular weight excluding hydrogens is 260 g/mol. The Kier molecular flexibility index (Phi) is 5.80. The van der Waals surface area contributed by atoms with Gasteiger partial charge in [0.2, 0.25) is 0 Å². The van der Waals surface area contributed by atoms with Gasteiger partial charge in [-0.15, -0.1) is 0 Å². The predicted molar refractivity (Wildman–Crippen MR) is 88.4 cm³/mol. The molecule has 2 rings (SSSR count). The molecule has 0 spiro atoms. The Hall–Kier alpha value is -0.900. The lowest BCUT2D eigenvalue weighted by Gasteiger charge is -2.40. The predicted octanol–water partition coefficient (Wildman–Crippen LogP) is 2.75. The zero-order valence-electron chi connectivity index (χ0n) is 13.7. The molecule has 118 valence electrons. The van der Waals surface area contributed by atoms with E-state index < -0.39 is 5.60 Å². The molecule has 21 heavy (non-hydrogen) atoms. The van der Waals surface area contributed by atoms with Crippen LogP contribution in [-0.2, 0) is 5.60 Å². The Morgan fingerprint density at radius 1 is 1.29 bits per heavy atom. The Morgan fingerprint density at radius 3 is 2.67 bits per heavy atom. The Bertz CT molecular complexity index is 416. The van der Waals surface area contributed by atoms with Gasteiger partial charge in [-0.2, -0.15) is 0 Å². The van der Waals surface area contributed by atoms with Gasteiger partial charge >= 0.3 is 0 Å². The van der Waals surface area contributed by atoms with Gasteiger partial charge in [-0.3, -0.25) is 4.90 Å². The number of aliphatic hydroxyl groups is 1. The van der Waals surface area contributed by atoms with Gasteiger partial charge in [-0.25, -0.2) is 0 Å². The van der Waals surface area contributed by atoms with E-state index in [-0.39, 0.29) is 0 Å². The summed E-state index contributed by atoms with van der Waals surface area (Å²) in [4.78, 5) is 2.46. The van der Waals surface area contributed by atoms with Gasteiger partial charge in [0.1, 0.15) is 0 Å². The van der Waals surface area contributed by atoms with E-state index in [1.165, 1.54) is 19.3 Å². The molecule has 1 aliphatic heterocycles. The van der Waals surface area contributed by atoms with Crippen LogP contribution in [0.4, 0.5) is 0 Å². The second-order valence-corrected chi connectivity index (χ2v) is 6.82. The monoisotopic (exact) mass is 290 g/mol. The second kappa shape index (κ2) is 7.39. The van der Waals surface area contributed by atoms with Crippen LogP contribution in [0.5, 0.6) is 0 Å². The summed E-state index contributed by atoms with van der Waals surface area (Å²) in [6.07, 6.45) is 3.77. The Balaban J connectivity index is 2.01. The zero-order valence-corrected chi connectivity index (χ0v) is 13.7. The first kappa shape index (κ1) is 16.5. The summed E-state index contributed by atoms with van der Waals surface area (Å²) in [5, 5.41) is 14.4. The highest BCUT2D eigenvalue weighted by molar-refractivity contribution is 5.21. The lowest BCUT2D eigenvalue weighted by atomic mass is 9.92. The van der Waals surface area contributed by atoms with Crippen LogP contribution >= 0.6 is 0 Å². The average Bonchev–Trinajstić information content (AvgIpc) is 2.47. The molecular formula is C18H30N2O. The van der Waals surface area contributed by atoms with Crippen molar-refractivity contribution in [3.8, 4) is 0 Å². The molecule has 0 radical (unpaired) electrons. The molecule has 0 saturated carbocycles. The molecule has 0 aliphatic carbocycles. The maximum absolute atomic E-state index is 10.9. The minimum Gasteiger partial charge on any atom is -0.384 e. The van der Waals surface area contributed by atoms with Crippen LogP contribution in [-0.4, -0.2) is 41.7 Å². The van der Waals surface area contributed by atoms with E-state index in [9.17, 15) is 5.11 Å². The molecule has 0 aromatic heterocycles. The van der Waals surface area contributed by atoms with Crippen molar-refractivity contribution in [2.45, 2.75) is 57.7 Å². The van der Waals surface area contributed by atoms with E-state index in [1.54, 1.807) is 0 Å². The van der Waals surface area contributed by atoms with Gasteiger partial charge < -0.3 is 10.4 Å². The van der Waals surface area contributed by atoms with Crippen molar-refractivity contribution in [1.29, 1.82) is 0 Å². The normalized spacial score (nSPS) is 23.2. The van der Waals surface area contributed by atoms with Crippen LogP contribution in [0, 0.1) is 0 Å². The fourth-order valence-electron chi connectivity index (χ4n) is 3.16. The summed E-state index contributed by atoms with van der Waals surface area (Å²) in [6, 6.07) is 11.1. The molecule has 1 aromatic rings. The summed E-state index contributed by atoms with van der Waals surface area (Å²) in [5.41, 5.74) is 0.223. The molecule has 3 heteroatoms. The molecule has 3 nitrogen and oxygen atoms in total. The standard InChI is InChI=1S/C18H30N2O/c1-15(2)19-13-17-11-7-8-12-20(17)14-18(3,21)16-9-5-4-6-10-16/h4-6,9-10,15,17,19,21H,7-8,11-14H2,1-3H3. The topological polar surface area (TPSA) is 35.5 Å². The third kappa shape index (κ3) is 4.80. The molecule has 1 heterocycles. The number of rotatable bonds is 6. The number of benzene rings is 1. The molecule has 2 atom stereocenters. The molecule has 1 aromatic carbocycles. The number of β-amino-alcohol motifs (C(OH)–C–C–N with tert-alkyl or cyclic N) is 1. The fraction of sp³-hybridized carbons (Fsp3) is 0.667. The van der Waals surface area contributed by atoms with E-state index in [0.29, 0.717) is 18.6 Å². The first-order valence-electron chi connectivity index (χ1n) is 8.24. The van der Waals surface area contributed by atoms with Gasteiger partial charge in [0.15, 0.2) is 0 Å². The summed E-state index contributed by atoms with van der Waals surface area (Å²) in [6.45, 7) is 9.13. The Morgan fingerprint density at radius 2 is 2.00 bits per heavy atom. The van der Waals surface area contributed by atoms with E-state index in [2.05, 4.69) is 24.1 Å². The van der Waals surface area contributed by atoms with Gasteiger partial charge in [0, 0.05) is 25.2 Å². The smallest absolute Gasteiger partial charge is 0.0994 e. The Labute approximate surface area is 129 Å². The van der Waals surface area contributed by atoms with Crippen molar-refractivity contribution in [3.05, 3.63) is 35.9 Å². The molecule has 1 fully saturated rings. The first-order valence-corrected chi connectivity index (χ1v) is 8.24. The van der Waals surface area contributed by atoms with E-state index >= 15 is 0 Å². The lowest BCUT2D eigenvalue weighted by molar-refractivity contribution is -0.00739. The van der Waals surface area contributed by atoms with Crippen molar-refractivity contribution < 1.29 is 5.11 Å². The van der Waals surface area contributed by atoms with Gasteiger partial charge in [0.25, 0.3) is 0 Å². The van der Waals surface area contributed by atoms with Crippen molar-refractivity contribution in [1.82, 2.24) is 10.2 Å². The largest absolute Gasteiger partial charge is 0.384 e. The fourth-order valence-corrected chi connectivity index (χ4v) is 3.16. The first-order chi connectivity index (χ1) is 9.99. The number of likely N-dealkylation sites (tertiary alicyclic amines) is 1. The van der Waals surface area contributed by atoms with Gasteiger partial charge in [-0.05, 0) is 31.9 Å². The van der Waals surface area contributed by atoms with Crippen molar-refractivity contribution in [2.24, 2.45) is 0 Å². The summed E-state index contributed by atoms with van der Waals surface area (Å²) >= 11 is 0. The highest BCUT2D eigenvalue weighted by atomic mass is 16.3. The van der Waals surface area contributed by atoms with E-state index in [1.807, 2.05) is 37.3 Å². The van der Waals surface area contributed by atoms with Crippen LogP contribution in [0.3, 0.4) is 0 Å². The van der Waals surface area contributed by atoms with Crippen LogP contribution in [0.25, 0.3) is 0 Å².